The van der Waals surface area contributed by atoms with Crippen LogP contribution in [0.5, 0.6) is 0 Å². The highest BCUT2D eigenvalue weighted by Crippen LogP contribution is 2.29. The normalized spacial score (nSPS) is 29.2. The zero-order chi connectivity index (χ0) is 14.0. The molecule has 1 amide bonds. The van der Waals surface area contributed by atoms with Crippen molar-refractivity contribution >= 4 is 11.9 Å². The topological polar surface area (TPSA) is 67.9 Å². The Labute approximate surface area is 115 Å². The summed E-state index contributed by atoms with van der Waals surface area (Å²) in [6.45, 7) is 8.36. The highest BCUT2D eigenvalue weighted by Gasteiger charge is 2.44. The molecular formula is C14H25N3O2. The first-order chi connectivity index (χ1) is 8.92. The van der Waals surface area contributed by atoms with E-state index in [-0.39, 0.29) is 5.91 Å². The predicted molar refractivity (Wildman–Crippen MR) is 74.7 cm³/mol. The molecule has 108 valence electrons. The van der Waals surface area contributed by atoms with Gasteiger partial charge in [-0.2, -0.15) is 0 Å². The van der Waals surface area contributed by atoms with Gasteiger partial charge >= 0.3 is 0 Å². The van der Waals surface area contributed by atoms with Crippen LogP contribution in [-0.2, 0) is 9.53 Å². The molecule has 2 aliphatic heterocycles. The Hall–Kier alpha value is -1.10. The van der Waals surface area contributed by atoms with E-state index in [1.54, 1.807) is 4.90 Å². The largest absolute Gasteiger partial charge is 0.381 e. The molecule has 0 spiro atoms. The number of hydrogen-bond acceptors (Lipinski definition) is 4. The number of nitrogens with zero attached hydrogens (tertiary/aromatic N) is 2. The van der Waals surface area contributed by atoms with Gasteiger partial charge in [-0.15, -0.1) is 0 Å². The van der Waals surface area contributed by atoms with Crippen LogP contribution < -0.4 is 5.73 Å². The summed E-state index contributed by atoms with van der Waals surface area (Å²) in [4.78, 5) is 18.7. The van der Waals surface area contributed by atoms with E-state index >= 15 is 0 Å². The Balaban J connectivity index is 2.03. The van der Waals surface area contributed by atoms with Crippen LogP contribution in [-0.4, -0.2) is 42.1 Å². The van der Waals surface area contributed by atoms with Gasteiger partial charge in [0.1, 0.15) is 5.54 Å². The second-order valence-electron chi connectivity index (χ2n) is 6.31. The van der Waals surface area contributed by atoms with E-state index in [4.69, 9.17) is 10.5 Å². The van der Waals surface area contributed by atoms with Crippen LogP contribution in [0.25, 0.3) is 0 Å². The number of rotatable bonds is 4. The zero-order valence-corrected chi connectivity index (χ0v) is 12.2. The third-order valence-corrected chi connectivity index (χ3v) is 3.93. The summed E-state index contributed by atoms with van der Waals surface area (Å²) in [7, 11) is 0. The Morgan fingerprint density at radius 2 is 2.11 bits per heavy atom. The molecule has 0 aromatic carbocycles. The summed E-state index contributed by atoms with van der Waals surface area (Å²) in [5.41, 5.74) is 5.30. The minimum atomic E-state index is -0.663. The summed E-state index contributed by atoms with van der Waals surface area (Å²) in [5.74, 6) is 1.35. The van der Waals surface area contributed by atoms with Gasteiger partial charge < -0.3 is 10.5 Å². The predicted octanol–water partition coefficient (Wildman–Crippen LogP) is 1.37. The number of amides is 1. The lowest BCUT2D eigenvalue weighted by molar-refractivity contribution is -0.132. The van der Waals surface area contributed by atoms with Crippen LogP contribution in [0, 0.1) is 11.8 Å². The number of hydrogen-bond donors (Lipinski definition) is 1. The fraction of sp³-hybridized carbons (Fsp3) is 0.857. The smallest absolute Gasteiger partial charge is 0.257 e. The van der Waals surface area contributed by atoms with Crippen LogP contribution in [0.1, 0.15) is 40.0 Å². The summed E-state index contributed by atoms with van der Waals surface area (Å²) >= 11 is 0. The molecule has 19 heavy (non-hydrogen) atoms. The van der Waals surface area contributed by atoms with E-state index in [2.05, 4.69) is 18.8 Å². The van der Waals surface area contributed by atoms with E-state index in [9.17, 15) is 4.79 Å². The number of guanidine groups is 1. The van der Waals surface area contributed by atoms with Gasteiger partial charge in [-0.3, -0.25) is 9.69 Å². The first-order valence-corrected chi connectivity index (χ1v) is 7.17. The van der Waals surface area contributed by atoms with Gasteiger partial charge in [-0.25, -0.2) is 4.99 Å². The number of nitrogens with two attached hydrogens (primary N) is 1. The quantitative estimate of drug-likeness (QED) is 0.836. The SMILES string of the molecule is CC(C)CC1(C)N=C(N)N(CC2CCOCC2)C1=O. The lowest BCUT2D eigenvalue weighted by Crippen LogP contribution is -2.46. The van der Waals surface area contributed by atoms with Crippen LogP contribution in [0.4, 0.5) is 0 Å². The van der Waals surface area contributed by atoms with E-state index in [1.165, 1.54) is 0 Å². The van der Waals surface area contributed by atoms with Gasteiger partial charge in [0.25, 0.3) is 5.91 Å². The highest BCUT2D eigenvalue weighted by molar-refractivity contribution is 6.06. The van der Waals surface area contributed by atoms with Gasteiger partial charge in [0.05, 0.1) is 0 Å². The lowest BCUT2D eigenvalue weighted by atomic mass is 9.90. The number of aliphatic imine (C=N–C) groups is 1. The molecule has 0 aromatic rings. The molecule has 2 rings (SSSR count). The molecule has 1 saturated heterocycles. The van der Waals surface area contributed by atoms with Gasteiger partial charge in [0.2, 0.25) is 0 Å². The van der Waals surface area contributed by atoms with Crippen molar-refractivity contribution in [3.63, 3.8) is 0 Å². The van der Waals surface area contributed by atoms with Crippen molar-refractivity contribution in [2.75, 3.05) is 19.8 Å². The Morgan fingerprint density at radius 3 is 2.68 bits per heavy atom. The first-order valence-electron chi connectivity index (χ1n) is 7.17. The molecule has 0 aromatic heterocycles. The molecule has 0 bridgehead atoms. The second kappa shape index (κ2) is 5.49. The van der Waals surface area contributed by atoms with Crippen molar-refractivity contribution in [1.82, 2.24) is 4.90 Å². The lowest BCUT2D eigenvalue weighted by Gasteiger charge is -2.28. The van der Waals surface area contributed by atoms with Crippen molar-refractivity contribution in [2.45, 2.75) is 45.6 Å². The van der Waals surface area contributed by atoms with E-state index < -0.39 is 5.54 Å². The maximum absolute atomic E-state index is 12.5. The van der Waals surface area contributed by atoms with E-state index in [0.29, 0.717) is 24.3 Å². The average molecular weight is 267 g/mol. The molecule has 1 unspecified atom stereocenters. The zero-order valence-electron chi connectivity index (χ0n) is 12.2. The molecule has 5 nitrogen and oxygen atoms in total. The third kappa shape index (κ3) is 3.08. The Kier molecular flexibility index (Phi) is 4.13. The number of carbonyl (C=O) groups excluding carboxylic acids is 1. The summed E-state index contributed by atoms with van der Waals surface area (Å²) in [6, 6.07) is 0. The molecule has 5 heteroatoms. The number of carbonyl (C=O) groups is 1. The van der Waals surface area contributed by atoms with Crippen LogP contribution in [0.2, 0.25) is 0 Å². The van der Waals surface area contributed by atoms with Gasteiger partial charge in [-0.1, -0.05) is 13.8 Å². The molecule has 0 aliphatic carbocycles. The van der Waals surface area contributed by atoms with Gasteiger partial charge in [0.15, 0.2) is 5.96 Å². The maximum Gasteiger partial charge on any atom is 0.257 e. The monoisotopic (exact) mass is 267 g/mol. The molecule has 0 saturated carbocycles. The number of ether oxygens (including phenoxy) is 1. The standard InChI is InChI=1S/C14H25N3O2/c1-10(2)8-14(3)12(18)17(13(15)16-14)9-11-4-6-19-7-5-11/h10-11H,4-9H2,1-3H3,(H2,15,16). The van der Waals surface area contributed by atoms with Crippen LogP contribution >= 0.6 is 0 Å². The van der Waals surface area contributed by atoms with Crippen molar-refractivity contribution in [1.29, 1.82) is 0 Å². The molecule has 2 aliphatic rings. The molecule has 2 N–H and O–H groups in total. The van der Waals surface area contributed by atoms with Crippen LogP contribution in [0.15, 0.2) is 4.99 Å². The summed E-state index contributed by atoms with van der Waals surface area (Å²) in [6.07, 6.45) is 2.74. The summed E-state index contributed by atoms with van der Waals surface area (Å²) in [5, 5.41) is 0. The fourth-order valence-electron chi connectivity index (χ4n) is 3.05. The highest BCUT2D eigenvalue weighted by atomic mass is 16.5. The van der Waals surface area contributed by atoms with E-state index in [1.807, 2.05) is 6.92 Å². The van der Waals surface area contributed by atoms with Crippen molar-refractivity contribution in [3.05, 3.63) is 0 Å². The third-order valence-electron chi connectivity index (χ3n) is 3.93. The fourth-order valence-corrected chi connectivity index (χ4v) is 3.05. The second-order valence-corrected chi connectivity index (χ2v) is 6.31. The van der Waals surface area contributed by atoms with Crippen molar-refractivity contribution in [3.8, 4) is 0 Å². The van der Waals surface area contributed by atoms with Crippen LogP contribution in [0.3, 0.4) is 0 Å². The average Bonchev–Trinajstić information content (AvgIpc) is 2.53. The summed E-state index contributed by atoms with van der Waals surface area (Å²) < 4.78 is 5.35. The maximum atomic E-state index is 12.5. The minimum absolute atomic E-state index is 0.0604. The molecule has 2 heterocycles. The Bertz CT molecular complexity index is 375. The van der Waals surface area contributed by atoms with Crippen molar-refractivity contribution < 1.29 is 9.53 Å². The molecule has 0 radical (unpaired) electrons. The van der Waals surface area contributed by atoms with Gasteiger partial charge in [0, 0.05) is 19.8 Å². The minimum Gasteiger partial charge on any atom is -0.381 e. The molecule has 1 atom stereocenters. The van der Waals surface area contributed by atoms with E-state index in [0.717, 1.165) is 32.5 Å². The van der Waals surface area contributed by atoms with Crippen molar-refractivity contribution in [2.24, 2.45) is 22.6 Å². The van der Waals surface area contributed by atoms with Gasteiger partial charge in [-0.05, 0) is 38.0 Å². The molecule has 1 fully saturated rings. The first kappa shape index (κ1) is 14.3. The Morgan fingerprint density at radius 1 is 1.47 bits per heavy atom. The molecular weight excluding hydrogens is 242 g/mol.